The SMILES string of the molecule is CCCn1ncnc1CC(N)CC1CCCO1. The van der Waals surface area contributed by atoms with E-state index in [0.717, 1.165) is 44.7 Å². The zero-order valence-corrected chi connectivity index (χ0v) is 10.5. The third-order valence-electron chi connectivity index (χ3n) is 3.17. The zero-order valence-electron chi connectivity index (χ0n) is 10.5. The van der Waals surface area contributed by atoms with E-state index in [4.69, 9.17) is 10.5 Å². The van der Waals surface area contributed by atoms with Crippen LogP contribution in [0.3, 0.4) is 0 Å². The Hall–Kier alpha value is -0.940. The first-order valence-electron chi connectivity index (χ1n) is 6.53. The Kier molecular flexibility index (Phi) is 4.50. The minimum absolute atomic E-state index is 0.123. The largest absolute Gasteiger partial charge is 0.378 e. The van der Waals surface area contributed by atoms with Crippen LogP contribution in [-0.4, -0.2) is 33.5 Å². The van der Waals surface area contributed by atoms with Gasteiger partial charge in [-0.1, -0.05) is 6.92 Å². The summed E-state index contributed by atoms with van der Waals surface area (Å²) < 4.78 is 7.55. The Morgan fingerprint density at radius 2 is 2.53 bits per heavy atom. The van der Waals surface area contributed by atoms with E-state index in [1.807, 2.05) is 4.68 Å². The first-order valence-corrected chi connectivity index (χ1v) is 6.53. The van der Waals surface area contributed by atoms with Gasteiger partial charge < -0.3 is 10.5 Å². The van der Waals surface area contributed by atoms with Crippen LogP contribution in [0.25, 0.3) is 0 Å². The molecule has 1 aromatic rings. The molecule has 1 aromatic heterocycles. The van der Waals surface area contributed by atoms with E-state index in [0.29, 0.717) is 6.10 Å². The summed E-state index contributed by atoms with van der Waals surface area (Å²) in [5, 5.41) is 4.21. The monoisotopic (exact) mass is 238 g/mol. The van der Waals surface area contributed by atoms with E-state index in [2.05, 4.69) is 17.0 Å². The molecule has 1 aliphatic heterocycles. The number of aryl methyl sites for hydroxylation is 1. The number of nitrogens with two attached hydrogens (primary N) is 1. The van der Waals surface area contributed by atoms with Crippen LogP contribution in [0.2, 0.25) is 0 Å². The van der Waals surface area contributed by atoms with Crippen LogP contribution in [-0.2, 0) is 17.7 Å². The Labute approximate surface area is 102 Å². The average Bonchev–Trinajstić information content (AvgIpc) is 2.92. The molecule has 0 aliphatic carbocycles. The molecule has 2 rings (SSSR count). The van der Waals surface area contributed by atoms with Crippen molar-refractivity contribution in [2.75, 3.05) is 6.61 Å². The maximum atomic E-state index is 6.15. The van der Waals surface area contributed by atoms with Crippen molar-refractivity contribution in [2.24, 2.45) is 5.73 Å². The molecule has 0 radical (unpaired) electrons. The van der Waals surface area contributed by atoms with Gasteiger partial charge in [-0.15, -0.1) is 0 Å². The van der Waals surface area contributed by atoms with Crippen molar-refractivity contribution < 1.29 is 4.74 Å². The molecule has 0 spiro atoms. The molecular formula is C12H22N4O. The lowest BCUT2D eigenvalue weighted by atomic mass is 10.0. The molecule has 1 aliphatic rings. The van der Waals surface area contributed by atoms with Crippen molar-refractivity contribution in [1.82, 2.24) is 14.8 Å². The van der Waals surface area contributed by atoms with Crippen LogP contribution in [0.1, 0.15) is 38.4 Å². The second-order valence-electron chi connectivity index (χ2n) is 4.73. The van der Waals surface area contributed by atoms with Gasteiger partial charge in [-0.3, -0.25) is 4.68 Å². The highest BCUT2D eigenvalue weighted by atomic mass is 16.5. The number of nitrogens with zero attached hydrogens (tertiary/aromatic N) is 3. The summed E-state index contributed by atoms with van der Waals surface area (Å²) in [5.74, 6) is 0.998. The molecule has 0 aromatic carbocycles. The average molecular weight is 238 g/mol. The van der Waals surface area contributed by atoms with Crippen LogP contribution < -0.4 is 5.73 Å². The summed E-state index contributed by atoms with van der Waals surface area (Å²) in [6.45, 7) is 3.95. The fourth-order valence-electron chi connectivity index (χ4n) is 2.33. The summed E-state index contributed by atoms with van der Waals surface area (Å²) in [4.78, 5) is 4.28. The van der Waals surface area contributed by atoms with Gasteiger partial charge >= 0.3 is 0 Å². The first-order chi connectivity index (χ1) is 8.29. The first kappa shape index (κ1) is 12.5. The van der Waals surface area contributed by atoms with Gasteiger partial charge in [0.2, 0.25) is 0 Å². The molecule has 17 heavy (non-hydrogen) atoms. The molecule has 2 unspecified atom stereocenters. The number of hydrogen-bond acceptors (Lipinski definition) is 4. The van der Waals surface area contributed by atoms with Crippen molar-refractivity contribution in [3.8, 4) is 0 Å². The summed E-state index contributed by atoms with van der Waals surface area (Å²) in [5.41, 5.74) is 6.15. The Morgan fingerprint density at radius 3 is 3.24 bits per heavy atom. The predicted octanol–water partition coefficient (Wildman–Crippen LogP) is 1.13. The maximum Gasteiger partial charge on any atom is 0.138 e. The fourth-order valence-corrected chi connectivity index (χ4v) is 2.33. The lowest BCUT2D eigenvalue weighted by molar-refractivity contribution is 0.0980. The summed E-state index contributed by atoms with van der Waals surface area (Å²) in [6.07, 6.45) is 7.08. The summed E-state index contributed by atoms with van der Waals surface area (Å²) in [7, 11) is 0. The number of ether oxygens (including phenoxy) is 1. The van der Waals surface area contributed by atoms with Gasteiger partial charge in [-0.25, -0.2) is 4.98 Å². The summed E-state index contributed by atoms with van der Waals surface area (Å²) >= 11 is 0. The zero-order chi connectivity index (χ0) is 12.1. The Bertz CT molecular complexity index is 333. The molecule has 0 saturated carbocycles. The number of rotatable bonds is 6. The van der Waals surface area contributed by atoms with Crippen LogP contribution in [0.5, 0.6) is 0 Å². The van der Waals surface area contributed by atoms with E-state index >= 15 is 0 Å². The molecule has 1 fully saturated rings. The fraction of sp³-hybridized carbons (Fsp3) is 0.833. The molecule has 5 nitrogen and oxygen atoms in total. The Balaban J connectivity index is 1.83. The van der Waals surface area contributed by atoms with Crippen molar-refractivity contribution in [2.45, 2.75) is 57.7 Å². The molecule has 2 heterocycles. The standard InChI is InChI=1S/C12H22N4O/c1-2-5-16-12(14-9-15-16)8-10(13)7-11-4-3-6-17-11/h9-11H,2-8,13H2,1H3. The smallest absolute Gasteiger partial charge is 0.138 e. The van der Waals surface area contributed by atoms with Crippen molar-refractivity contribution in [3.63, 3.8) is 0 Å². The van der Waals surface area contributed by atoms with Gasteiger partial charge in [-0.05, 0) is 25.7 Å². The van der Waals surface area contributed by atoms with Crippen LogP contribution >= 0.6 is 0 Å². The molecule has 1 saturated heterocycles. The Morgan fingerprint density at radius 1 is 1.65 bits per heavy atom. The molecule has 96 valence electrons. The predicted molar refractivity (Wildman–Crippen MR) is 65.6 cm³/mol. The molecule has 2 atom stereocenters. The quantitative estimate of drug-likeness (QED) is 0.806. The van der Waals surface area contributed by atoms with Gasteiger partial charge in [0.15, 0.2) is 0 Å². The molecular weight excluding hydrogens is 216 g/mol. The van der Waals surface area contributed by atoms with Gasteiger partial charge in [-0.2, -0.15) is 5.10 Å². The van der Waals surface area contributed by atoms with Crippen LogP contribution in [0, 0.1) is 0 Å². The summed E-state index contributed by atoms with van der Waals surface area (Å²) in [6, 6.07) is 0.123. The lowest BCUT2D eigenvalue weighted by Gasteiger charge is -2.16. The second-order valence-corrected chi connectivity index (χ2v) is 4.73. The van der Waals surface area contributed by atoms with E-state index in [9.17, 15) is 0 Å². The van der Waals surface area contributed by atoms with Gasteiger partial charge in [0.05, 0.1) is 6.10 Å². The highest BCUT2D eigenvalue weighted by Gasteiger charge is 2.20. The number of aromatic nitrogens is 3. The maximum absolute atomic E-state index is 6.15. The van der Waals surface area contributed by atoms with E-state index in [1.54, 1.807) is 6.33 Å². The second kappa shape index (κ2) is 6.12. The lowest BCUT2D eigenvalue weighted by Crippen LogP contribution is -2.29. The highest BCUT2D eigenvalue weighted by Crippen LogP contribution is 2.17. The van der Waals surface area contributed by atoms with Crippen LogP contribution in [0.15, 0.2) is 6.33 Å². The molecule has 2 N–H and O–H groups in total. The number of hydrogen-bond donors (Lipinski definition) is 1. The minimum atomic E-state index is 0.123. The normalized spacial score (nSPS) is 21.9. The molecule has 5 heteroatoms. The molecule has 0 amide bonds. The van der Waals surface area contributed by atoms with E-state index in [-0.39, 0.29) is 6.04 Å². The van der Waals surface area contributed by atoms with Gasteiger partial charge in [0.1, 0.15) is 12.2 Å². The molecule has 0 bridgehead atoms. The third-order valence-corrected chi connectivity index (χ3v) is 3.17. The highest BCUT2D eigenvalue weighted by molar-refractivity contribution is 4.90. The van der Waals surface area contributed by atoms with Crippen molar-refractivity contribution in [1.29, 1.82) is 0 Å². The van der Waals surface area contributed by atoms with Crippen LogP contribution in [0.4, 0.5) is 0 Å². The topological polar surface area (TPSA) is 66.0 Å². The van der Waals surface area contributed by atoms with E-state index in [1.165, 1.54) is 6.42 Å². The minimum Gasteiger partial charge on any atom is -0.378 e. The third kappa shape index (κ3) is 3.51. The van der Waals surface area contributed by atoms with Gasteiger partial charge in [0, 0.05) is 25.6 Å². The van der Waals surface area contributed by atoms with Gasteiger partial charge in [0.25, 0.3) is 0 Å². The van der Waals surface area contributed by atoms with E-state index < -0.39 is 0 Å². The van der Waals surface area contributed by atoms with Crippen molar-refractivity contribution in [3.05, 3.63) is 12.2 Å². The van der Waals surface area contributed by atoms with Crippen molar-refractivity contribution >= 4 is 0 Å².